The van der Waals surface area contributed by atoms with Crippen molar-refractivity contribution in [3.63, 3.8) is 0 Å². The topological polar surface area (TPSA) is 121 Å². The van der Waals surface area contributed by atoms with Gasteiger partial charge in [-0.1, -0.05) is 25.3 Å². The number of nitrogens with zero attached hydrogens (tertiary/aromatic N) is 5. The van der Waals surface area contributed by atoms with E-state index in [0.29, 0.717) is 34.3 Å². The molecular weight excluding hydrogens is 488 g/mol. The van der Waals surface area contributed by atoms with Gasteiger partial charge in [0, 0.05) is 11.6 Å². The number of hydrogen-bond acceptors (Lipinski definition) is 8. The Morgan fingerprint density at radius 3 is 2.39 bits per heavy atom. The maximum Gasteiger partial charge on any atom is 0.251 e. The van der Waals surface area contributed by atoms with E-state index in [1.54, 1.807) is 38.5 Å². The monoisotopic (exact) mass is 522 g/mol. The van der Waals surface area contributed by atoms with Crippen molar-refractivity contribution in [1.29, 1.82) is 0 Å². The highest BCUT2D eigenvalue weighted by molar-refractivity contribution is 6.00. The maximum absolute atomic E-state index is 13.6. The molecule has 0 unspecified atom stereocenters. The second kappa shape index (κ2) is 12.4. The van der Waals surface area contributed by atoms with Gasteiger partial charge in [-0.3, -0.25) is 14.5 Å². The van der Waals surface area contributed by atoms with Crippen molar-refractivity contribution in [2.24, 2.45) is 0 Å². The van der Waals surface area contributed by atoms with Crippen LogP contribution in [-0.2, 0) is 16.1 Å². The Kier molecular flexibility index (Phi) is 8.77. The summed E-state index contributed by atoms with van der Waals surface area (Å²) in [6.45, 7) is 1.56. The maximum atomic E-state index is 13.6. The molecule has 202 valence electrons. The first-order valence-corrected chi connectivity index (χ1v) is 12.7. The molecule has 1 aliphatic rings. The standard InChI is InChI=1S/C27H34N6O5/c1-18-10-12-22(36-2)21(14-18)32(16-25(34)28-20-8-6-5-7-9-20)26(35)17-33-30-27(29-31-33)19-11-13-23(37-3)24(15-19)38-4/h10-15,20H,5-9,16-17H2,1-4H3,(H,28,34). The smallest absolute Gasteiger partial charge is 0.251 e. The number of tetrazole rings is 1. The molecule has 0 atom stereocenters. The second-order valence-electron chi connectivity index (χ2n) is 9.27. The van der Waals surface area contributed by atoms with Crippen LogP contribution in [0.2, 0.25) is 0 Å². The zero-order valence-electron chi connectivity index (χ0n) is 22.3. The zero-order valence-corrected chi connectivity index (χ0v) is 22.3. The van der Waals surface area contributed by atoms with Gasteiger partial charge in [-0.2, -0.15) is 4.80 Å². The average Bonchev–Trinajstić information content (AvgIpc) is 3.40. The number of aromatic nitrogens is 4. The Bertz CT molecular complexity index is 1270. The Hall–Kier alpha value is -4.15. The molecule has 0 bridgehead atoms. The van der Waals surface area contributed by atoms with Gasteiger partial charge >= 0.3 is 0 Å². The molecule has 3 aromatic rings. The van der Waals surface area contributed by atoms with E-state index in [2.05, 4.69) is 20.7 Å². The lowest BCUT2D eigenvalue weighted by atomic mass is 9.95. The van der Waals surface area contributed by atoms with Gasteiger partial charge in [-0.05, 0) is 60.9 Å². The van der Waals surface area contributed by atoms with Gasteiger partial charge < -0.3 is 19.5 Å². The molecule has 0 spiro atoms. The normalized spacial score (nSPS) is 13.6. The van der Waals surface area contributed by atoms with Gasteiger partial charge in [0.15, 0.2) is 11.5 Å². The first-order chi connectivity index (χ1) is 18.4. The van der Waals surface area contributed by atoms with Gasteiger partial charge in [0.2, 0.25) is 11.7 Å². The van der Waals surface area contributed by atoms with Crippen LogP contribution in [0.25, 0.3) is 11.4 Å². The van der Waals surface area contributed by atoms with E-state index < -0.39 is 0 Å². The van der Waals surface area contributed by atoms with Gasteiger partial charge in [0.25, 0.3) is 5.91 Å². The lowest BCUT2D eigenvalue weighted by Gasteiger charge is -2.27. The Morgan fingerprint density at radius 2 is 1.68 bits per heavy atom. The first-order valence-electron chi connectivity index (χ1n) is 12.7. The van der Waals surface area contributed by atoms with Crippen LogP contribution < -0.4 is 24.4 Å². The third-order valence-electron chi connectivity index (χ3n) is 6.57. The number of methoxy groups -OCH3 is 3. The van der Waals surface area contributed by atoms with Gasteiger partial charge in [-0.25, -0.2) is 0 Å². The van der Waals surface area contributed by atoms with E-state index in [9.17, 15) is 9.59 Å². The van der Waals surface area contributed by atoms with Crippen LogP contribution in [0.4, 0.5) is 5.69 Å². The lowest BCUT2D eigenvalue weighted by Crippen LogP contribution is -2.46. The highest BCUT2D eigenvalue weighted by atomic mass is 16.5. The van der Waals surface area contributed by atoms with Crippen molar-refractivity contribution < 1.29 is 23.8 Å². The molecule has 1 aromatic heterocycles. The quantitative estimate of drug-likeness (QED) is 0.431. The summed E-state index contributed by atoms with van der Waals surface area (Å²) >= 11 is 0. The summed E-state index contributed by atoms with van der Waals surface area (Å²) in [4.78, 5) is 29.2. The zero-order chi connectivity index (χ0) is 27.1. The predicted octanol–water partition coefficient (Wildman–Crippen LogP) is 3.16. The average molecular weight is 523 g/mol. The Labute approximate surface area is 222 Å². The summed E-state index contributed by atoms with van der Waals surface area (Å²) in [6.07, 6.45) is 5.29. The molecular formula is C27H34N6O5. The first kappa shape index (κ1) is 26.9. The number of rotatable bonds is 10. The summed E-state index contributed by atoms with van der Waals surface area (Å²) in [5, 5.41) is 15.6. The number of aryl methyl sites for hydroxylation is 1. The summed E-state index contributed by atoms with van der Waals surface area (Å²) in [5.41, 5.74) is 2.10. The molecule has 1 heterocycles. The number of nitrogens with one attached hydrogen (secondary N) is 1. The van der Waals surface area contributed by atoms with E-state index in [0.717, 1.165) is 31.2 Å². The Balaban J connectivity index is 1.55. The summed E-state index contributed by atoms with van der Waals surface area (Å²) in [5.74, 6) is 1.34. The SMILES string of the molecule is COc1ccc(-c2nnn(CC(=O)N(CC(=O)NC3CCCCC3)c3cc(C)ccc3OC)n2)cc1OC. The largest absolute Gasteiger partial charge is 0.495 e. The molecule has 1 N–H and O–H groups in total. The fourth-order valence-electron chi connectivity index (χ4n) is 4.59. The highest BCUT2D eigenvalue weighted by Gasteiger charge is 2.25. The number of carbonyl (C=O) groups excluding carboxylic acids is 2. The van der Waals surface area contributed by atoms with Crippen molar-refractivity contribution >= 4 is 17.5 Å². The number of anilines is 1. The molecule has 1 fully saturated rings. The van der Waals surface area contributed by atoms with Crippen LogP contribution in [-0.4, -0.2) is 65.9 Å². The molecule has 38 heavy (non-hydrogen) atoms. The van der Waals surface area contributed by atoms with Crippen molar-refractivity contribution in [3.8, 4) is 28.6 Å². The third kappa shape index (κ3) is 6.39. The molecule has 0 aliphatic heterocycles. The van der Waals surface area contributed by atoms with E-state index >= 15 is 0 Å². The number of benzene rings is 2. The lowest BCUT2D eigenvalue weighted by molar-refractivity contribution is -0.124. The molecule has 4 rings (SSSR count). The van der Waals surface area contributed by atoms with Crippen molar-refractivity contribution in [2.75, 3.05) is 32.8 Å². The van der Waals surface area contributed by atoms with Crippen molar-refractivity contribution in [3.05, 3.63) is 42.0 Å². The molecule has 0 saturated heterocycles. The third-order valence-corrected chi connectivity index (χ3v) is 6.57. The van der Waals surface area contributed by atoms with Gasteiger partial charge in [-0.15, -0.1) is 10.2 Å². The van der Waals surface area contributed by atoms with Crippen LogP contribution in [0.3, 0.4) is 0 Å². The number of carbonyl (C=O) groups is 2. The number of ether oxygens (including phenoxy) is 3. The van der Waals surface area contributed by atoms with E-state index in [4.69, 9.17) is 14.2 Å². The van der Waals surface area contributed by atoms with Crippen LogP contribution in [0.5, 0.6) is 17.2 Å². The van der Waals surface area contributed by atoms with E-state index in [-0.39, 0.29) is 30.9 Å². The van der Waals surface area contributed by atoms with E-state index in [1.807, 2.05) is 19.1 Å². The van der Waals surface area contributed by atoms with Gasteiger partial charge in [0.05, 0.1) is 27.0 Å². The minimum absolute atomic E-state index is 0.133. The number of amides is 2. The minimum atomic E-state index is -0.371. The fourth-order valence-corrected chi connectivity index (χ4v) is 4.59. The molecule has 0 radical (unpaired) electrons. The molecule has 11 heteroatoms. The fraction of sp³-hybridized carbons (Fsp3) is 0.444. The van der Waals surface area contributed by atoms with E-state index in [1.165, 1.54) is 23.2 Å². The van der Waals surface area contributed by atoms with Crippen molar-refractivity contribution in [1.82, 2.24) is 25.5 Å². The summed E-state index contributed by atoms with van der Waals surface area (Å²) in [7, 11) is 4.64. The predicted molar refractivity (Wildman–Crippen MR) is 141 cm³/mol. The van der Waals surface area contributed by atoms with Crippen molar-refractivity contribution in [2.45, 2.75) is 51.6 Å². The summed E-state index contributed by atoms with van der Waals surface area (Å²) < 4.78 is 16.2. The molecule has 1 aliphatic carbocycles. The Morgan fingerprint density at radius 1 is 0.974 bits per heavy atom. The van der Waals surface area contributed by atoms with Gasteiger partial charge in [0.1, 0.15) is 18.8 Å². The number of hydrogen-bond donors (Lipinski definition) is 1. The van der Waals surface area contributed by atoms with Crippen LogP contribution in [0.15, 0.2) is 36.4 Å². The molecule has 11 nitrogen and oxygen atoms in total. The molecule has 2 amide bonds. The van der Waals surface area contributed by atoms with Crippen LogP contribution in [0, 0.1) is 6.92 Å². The minimum Gasteiger partial charge on any atom is -0.495 e. The molecule has 2 aromatic carbocycles. The second-order valence-corrected chi connectivity index (χ2v) is 9.27. The molecule has 1 saturated carbocycles. The van der Waals surface area contributed by atoms with Crippen LogP contribution >= 0.6 is 0 Å². The van der Waals surface area contributed by atoms with Crippen LogP contribution in [0.1, 0.15) is 37.7 Å². The summed E-state index contributed by atoms with van der Waals surface area (Å²) in [6, 6.07) is 10.9. The highest BCUT2D eigenvalue weighted by Crippen LogP contribution is 2.31.